The van der Waals surface area contributed by atoms with Gasteiger partial charge in [-0.1, -0.05) is 29.8 Å². The summed E-state index contributed by atoms with van der Waals surface area (Å²) < 4.78 is 15.3. The zero-order valence-corrected chi connectivity index (χ0v) is 13.9. The molecule has 0 aliphatic rings. The van der Waals surface area contributed by atoms with Crippen LogP contribution in [0.15, 0.2) is 59.4 Å². The second-order valence-electron chi connectivity index (χ2n) is 5.32. The van der Waals surface area contributed by atoms with Crippen molar-refractivity contribution < 1.29 is 9.18 Å². The molecule has 0 saturated heterocycles. The number of para-hydroxylation sites is 1. The Morgan fingerprint density at radius 1 is 1.16 bits per heavy atom. The van der Waals surface area contributed by atoms with Crippen LogP contribution in [0.4, 0.5) is 10.1 Å². The Morgan fingerprint density at radius 2 is 1.88 bits per heavy atom. The molecule has 3 aromatic rings. The number of carbonyl (C=O) groups excluding carboxylic acids is 1. The van der Waals surface area contributed by atoms with E-state index in [2.05, 4.69) is 10.4 Å². The molecule has 0 atom stereocenters. The molecule has 126 valence electrons. The lowest BCUT2D eigenvalue weighted by atomic mass is 10.2. The third kappa shape index (κ3) is 3.59. The fourth-order valence-corrected chi connectivity index (χ4v) is 2.47. The van der Waals surface area contributed by atoms with Crippen LogP contribution in [0, 0.1) is 12.7 Å². The average Bonchev–Trinajstić information content (AvgIpc) is 2.58. The van der Waals surface area contributed by atoms with Crippen LogP contribution in [0.5, 0.6) is 0 Å². The number of halogens is 2. The van der Waals surface area contributed by atoms with E-state index >= 15 is 0 Å². The molecule has 0 radical (unpaired) electrons. The summed E-state index contributed by atoms with van der Waals surface area (Å²) in [5, 5.41) is 6.68. The van der Waals surface area contributed by atoms with Gasteiger partial charge in [0.1, 0.15) is 5.82 Å². The third-order valence-corrected chi connectivity index (χ3v) is 3.74. The summed E-state index contributed by atoms with van der Waals surface area (Å²) in [5.74, 6) is -1.49. The van der Waals surface area contributed by atoms with Gasteiger partial charge in [0.05, 0.1) is 11.4 Å². The van der Waals surface area contributed by atoms with Crippen molar-refractivity contribution in [2.24, 2.45) is 0 Å². The molecule has 0 aliphatic heterocycles. The minimum atomic E-state index is -0.795. The number of nitrogens with one attached hydrogen (secondary N) is 1. The van der Waals surface area contributed by atoms with E-state index in [0.29, 0.717) is 11.4 Å². The summed E-state index contributed by atoms with van der Waals surface area (Å²) in [6, 6.07) is 14.2. The topological polar surface area (TPSA) is 64.0 Å². The van der Waals surface area contributed by atoms with Crippen molar-refractivity contribution in [1.82, 2.24) is 9.78 Å². The highest BCUT2D eigenvalue weighted by Crippen LogP contribution is 2.19. The van der Waals surface area contributed by atoms with Gasteiger partial charge in [-0.05, 0) is 37.3 Å². The normalized spacial score (nSPS) is 10.5. The molecule has 0 bridgehead atoms. The van der Waals surface area contributed by atoms with Gasteiger partial charge in [0.25, 0.3) is 5.91 Å². The van der Waals surface area contributed by atoms with Gasteiger partial charge < -0.3 is 5.32 Å². The van der Waals surface area contributed by atoms with Crippen molar-refractivity contribution >= 4 is 23.2 Å². The average molecular weight is 358 g/mol. The molecule has 25 heavy (non-hydrogen) atoms. The maximum atomic E-state index is 13.8. The molecule has 5 nitrogen and oxygen atoms in total. The smallest absolute Gasteiger partial charge is 0.280 e. The predicted molar refractivity (Wildman–Crippen MR) is 93.9 cm³/mol. The van der Waals surface area contributed by atoms with Crippen molar-refractivity contribution in [2.75, 3.05) is 5.32 Å². The number of nitrogens with zero attached hydrogens (tertiary/aromatic N) is 2. The number of amides is 1. The minimum absolute atomic E-state index is 0.0811. The lowest BCUT2D eigenvalue weighted by Gasteiger charge is -2.11. The molecule has 0 fully saturated rings. The highest BCUT2D eigenvalue weighted by molar-refractivity contribution is 6.30. The van der Waals surface area contributed by atoms with Crippen molar-refractivity contribution in [3.05, 3.63) is 87.0 Å². The van der Waals surface area contributed by atoms with Crippen LogP contribution in [0.3, 0.4) is 0 Å². The van der Waals surface area contributed by atoms with E-state index in [1.54, 1.807) is 19.1 Å². The fourth-order valence-electron chi connectivity index (χ4n) is 2.31. The second-order valence-corrected chi connectivity index (χ2v) is 5.76. The van der Waals surface area contributed by atoms with Crippen LogP contribution in [0.1, 0.15) is 16.2 Å². The molecule has 3 rings (SSSR count). The Morgan fingerprint density at radius 3 is 2.56 bits per heavy atom. The Kier molecular flexibility index (Phi) is 4.63. The number of anilines is 1. The summed E-state index contributed by atoms with van der Waals surface area (Å²) in [6.07, 6.45) is 0. The molecule has 0 unspecified atom stereocenters. The monoisotopic (exact) mass is 357 g/mol. The number of hydrogen-bond donors (Lipinski definition) is 1. The number of carbonyl (C=O) groups is 1. The van der Waals surface area contributed by atoms with Gasteiger partial charge >= 0.3 is 0 Å². The van der Waals surface area contributed by atoms with Crippen LogP contribution >= 0.6 is 11.6 Å². The minimum Gasteiger partial charge on any atom is -0.318 e. The zero-order chi connectivity index (χ0) is 18.0. The lowest BCUT2D eigenvalue weighted by molar-refractivity contribution is 0.101. The zero-order valence-electron chi connectivity index (χ0n) is 13.2. The fraction of sp³-hybridized carbons (Fsp3) is 0.0556. The first kappa shape index (κ1) is 16.9. The van der Waals surface area contributed by atoms with Crippen LogP contribution in [-0.4, -0.2) is 15.7 Å². The van der Waals surface area contributed by atoms with E-state index < -0.39 is 17.2 Å². The largest absolute Gasteiger partial charge is 0.318 e. The van der Waals surface area contributed by atoms with E-state index in [1.165, 1.54) is 22.9 Å². The van der Waals surface area contributed by atoms with Gasteiger partial charge in [0.15, 0.2) is 5.69 Å². The SMILES string of the molecule is Cc1cc(=O)c(C(=O)Nc2ccc(Cl)cc2F)nn1-c1ccccc1. The lowest BCUT2D eigenvalue weighted by Crippen LogP contribution is -2.27. The molecular formula is C18H13ClFN3O2. The molecule has 1 amide bonds. The highest BCUT2D eigenvalue weighted by atomic mass is 35.5. The number of hydrogen-bond acceptors (Lipinski definition) is 3. The predicted octanol–water partition coefficient (Wildman–Crippen LogP) is 3.59. The second kappa shape index (κ2) is 6.86. The molecule has 2 aromatic carbocycles. The van der Waals surface area contributed by atoms with Crippen LogP contribution < -0.4 is 10.7 Å². The van der Waals surface area contributed by atoms with Crippen LogP contribution in [-0.2, 0) is 0 Å². The van der Waals surface area contributed by atoms with Crippen molar-refractivity contribution in [1.29, 1.82) is 0 Å². The van der Waals surface area contributed by atoms with E-state index in [0.717, 1.165) is 6.07 Å². The van der Waals surface area contributed by atoms with Crippen LogP contribution in [0.25, 0.3) is 5.69 Å². The summed E-state index contributed by atoms with van der Waals surface area (Å²) in [6.45, 7) is 1.71. The van der Waals surface area contributed by atoms with Gasteiger partial charge in [-0.3, -0.25) is 9.59 Å². The van der Waals surface area contributed by atoms with E-state index in [4.69, 9.17) is 11.6 Å². The van der Waals surface area contributed by atoms with E-state index in [-0.39, 0.29) is 16.4 Å². The number of benzene rings is 2. The van der Waals surface area contributed by atoms with Gasteiger partial charge in [0, 0.05) is 16.8 Å². The summed E-state index contributed by atoms with van der Waals surface area (Å²) in [4.78, 5) is 24.5. The molecule has 0 spiro atoms. The van der Waals surface area contributed by atoms with E-state index in [1.807, 2.05) is 18.2 Å². The maximum absolute atomic E-state index is 13.8. The first-order valence-electron chi connectivity index (χ1n) is 7.38. The van der Waals surface area contributed by atoms with E-state index in [9.17, 15) is 14.0 Å². The molecule has 1 heterocycles. The molecule has 0 aliphatic carbocycles. The van der Waals surface area contributed by atoms with Crippen LogP contribution in [0.2, 0.25) is 5.02 Å². The summed E-state index contributed by atoms with van der Waals surface area (Å²) in [7, 11) is 0. The Hall–Kier alpha value is -2.99. The molecule has 7 heteroatoms. The number of aryl methyl sites for hydroxylation is 1. The van der Waals surface area contributed by atoms with Crippen molar-refractivity contribution in [2.45, 2.75) is 6.92 Å². The Labute approximate surface area is 147 Å². The Bertz CT molecular complexity index is 1000. The number of rotatable bonds is 3. The first-order valence-corrected chi connectivity index (χ1v) is 7.76. The standard InChI is InChI=1S/C18H13ClFN3O2/c1-11-9-16(24)17(22-23(11)13-5-3-2-4-6-13)18(25)21-15-8-7-12(19)10-14(15)20/h2-10H,1H3,(H,21,25). The van der Waals surface area contributed by atoms with Gasteiger partial charge in [-0.2, -0.15) is 5.10 Å². The molecule has 1 aromatic heterocycles. The van der Waals surface area contributed by atoms with Crippen molar-refractivity contribution in [3.8, 4) is 5.69 Å². The highest BCUT2D eigenvalue weighted by Gasteiger charge is 2.17. The summed E-state index contributed by atoms with van der Waals surface area (Å²) in [5.41, 5.74) is 0.319. The Balaban J connectivity index is 1.99. The van der Waals surface area contributed by atoms with Gasteiger partial charge in [0.2, 0.25) is 5.43 Å². The maximum Gasteiger partial charge on any atom is 0.280 e. The first-order chi connectivity index (χ1) is 12.0. The molecule has 1 N–H and O–H groups in total. The quantitative estimate of drug-likeness (QED) is 0.779. The summed E-state index contributed by atoms with van der Waals surface area (Å²) >= 11 is 5.68. The van der Waals surface area contributed by atoms with Gasteiger partial charge in [-0.15, -0.1) is 0 Å². The van der Waals surface area contributed by atoms with Crippen molar-refractivity contribution in [3.63, 3.8) is 0 Å². The molecular weight excluding hydrogens is 345 g/mol. The number of aromatic nitrogens is 2. The van der Waals surface area contributed by atoms with Gasteiger partial charge in [-0.25, -0.2) is 9.07 Å². The third-order valence-electron chi connectivity index (χ3n) is 3.50. The molecule has 0 saturated carbocycles.